The van der Waals surface area contributed by atoms with Crippen LogP contribution >= 0.6 is 15.9 Å². The van der Waals surface area contributed by atoms with Crippen LogP contribution in [0.2, 0.25) is 0 Å². The van der Waals surface area contributed by atoms with E-state index in [9.17, 15) is 0 Å². The van der Waals surface area contributed by atoms with Crippen molar-refractivity contribution in [3.8, 4) is 17.0 Å². The van der Waals surface area contributed by atoms with Crippen LogP contribution in [0.15, 0.2) is 27.2 Å². The Morgan fingerprint density at radius 3 is 2.71 bits per heavy atom. The van der Waals surface area contributed by atoms with Crippen molar-refractivity contribution in [1.29, 1.82) is 0 Å². The van der Waals surface area contributed by atoms with E-state index < -0.39 is 0 Å². The average molecular weight is 297 g/mol. The highest BCUT2D eigenvalue weighted by Crippen LogP contribution is 2.37. The number of ether oxygens (including phenoxy) is 1. The SMILES string of the molecule is CCc1cc(Br)c(OC)c(-c2cc(N)on2)c1. The van der Waals surface area contributed by atoms with Crippen LogP contribution < -0.4 is 10.5 Å². The Hall–Kier alpha value is -1.49. The monoisotopic (exact) mass is 296 g/mol. The number of benzene rings is 1. The number of nitrogens with zero attached hydrogens (tertiary/aromatic N) is 1. The maximum absolute atomic E-state index is 5.53. The maximum atomic E-state index is 5.53. The van der Waals surface area contributed by atoms with Crippen LogP contribution in [0.4, 0.5) is 5.88 Å². The number of rotatable bonds is 3. The molecule has 0 amide bonds. The van der Waals surface area contributed by atoms with Crippen LogP contribution in [0.1, 0.15) is 12.5 Å². The predicted molar refractivity (Wildman–Crippen MR) is 70.0 cm³/mol. The second-order valence-corrected chi connectivity index (χ2v) is 4.48. The number of halogens is 1. The Morgan fingerprint density at radius 1 is 1.41 bits per heavy atom. The van der Waals surface area contributed by atoms with E-state index in [2.05, 4.69) is 28.0 Å². The number of aromatic nitrogens is 1. The highest BCUT2D eigenvalue weighted by atomic mass is 79.9. The van der Waals surface area contributed by atoms with Crippen molar-refractivity contribution < 1.29 is 9.26 Å². The molecule has 5 heteroatoms. The van der Waals surface area contributed by atoms with Crippen LogP contribution in [0.5, 0.6) is 5.75 Å². The van der Waals surface area contributed by atoms with Crippen molar-refractivity contribution in [1.82, 2.24) is 5.16 Å². The molecule has 0 spiro atoms. The van der Waals surface area contributed by atoms with Gasteiger partial charge < -0.3 is 15.0 Å². The molecule has 1 aromatic heterocycles. The Kier molecular flexibility index (Phi) is 3.38. The van der Waals surface area contributed by atoms with Gasteiger partial charge in [0.25, 0.3) is 0 Å². The van der Waals surface area contributed by atoms with Gasteiger partial charge in [-0.2, -0.15) is 0 Å². The lowest BCUT2D eigenvalue weighted by molar-refractivity contribution is 0.411. The molecule has 4 nitrogen and oxygen atoms in total. The topological polar surface area (TPSA) is 61.3 Å². The third-order valence-corrected chi connectivity index (χ3v) is 3.11. The molecular formula is C12H13BrN2O2. The highest BCUT2D eigenvalue weighted by molar-refractivity contribution is 9.10. The summed E-state index contributed by atoms with van der Waals surface area (Å²) in [5, 5.41) is 3.91. The summed E-state index contributed by atoms with van der Waals surface area (Å²) in [4.78, 5) is 0. The fourth-order valence-corrected chi connectivity index (χ4v) is 2.34. The van der Waals surface area contributed by atoms with Crippen molar-refractivity contribution in [2.45, 2.75) is 13.3 Å². The number of nitrogens with two attached hydrogens (primary N) is 1. The Bertz CT molecular complexity index is 537. The van der Waals surface area contributed by atoms with E-state index in [1.807, 2.05) is 12.1 Å². The van der Waals surface area contributed by atoms with Gasteiger partial charge in [0.2, 0.25) is 5.88 Å². The van der Waals surface area contributed by atoms with Crippen molar-refractivity contribution in [3.05, 3.63) is 28.2 Å². The first-order valence-electron chi connectivity index (χ1n) is 5.24. The number of aryl methyl sites for hydroxylation is 1. The molecule has 0 saturated carbocycles. The van der Waals surface area contributed by atoms with Gasteiger partial charge in [0.1, 0.15) is 11.4 Å². The molecule has 0 radical (unpaired) electrons. The predicted octanol–water partition coefficient (Wildman–Crippen LogP) is 3.26. The van der Waals surface area contributed by atoms with E-state index in [1.165, 1.54) is 5.56 Å². The molecule has 0 fully saturated rings. The second kappa shape index (κ2) is 4.79. The lowest BCUT2D eigenvalue weighted by Crippen LogP contribution is -1.92. The highest BCUT2D eigenvalue weighted by Gasteiger charge is 2.14. The summed E-state index contributed by atoms with van der Waals surface area (Å²) in [5.74, 6) is 1.02. The molecule has 0 saturated heterocycles. The molecule has 0 atom stereocenters. The van der Waals surface area contributed by atoms with Crippen molar-refractivity contribution in [3.63, 3.8) is 0 Å². The van der Waals surface area contributed by atoms with E-state index in [-0.39, 0.29) is 0 Å². The van der Waals surface area contributed by atoms with E-state index in [0.717, 1.165) is 22.2 Å². The zero-order valence-corrected chi connectivity index (χ0v) is 11.2. The molecule has 0 bridgehead atoms. The normalized spacial score (nSPS) is 10.5. The number of hydrogen-bond donors (Lipinski definition) is 1. The molecule has 0 aliphatic rings. The van der Waals surface area contributed by atoms with Gasteiger partial charge in [-0.05, 0) is 40.0 Å². The molecule has 0 aliphatic carbocycles. The van der Waals surface area contributed by atoms with Crippen molar-refractivity contribution in [2.75, 3.05) is 12.8 Å². The fourth-order valence-electron chi connectivity index (χ4n) is 1.67. The first kappa shape index (κ1) is 12.0. The van der Waals surface area contributed by atoms with E-state index in [0.29, 0.717) is 11.6 Å². The number of nitrogen functional groups attached to an aromatic ring is 1. The summed E-state index contributed by atoms with van der Waals surface area (Å²) in [6.07, 6.45) is 0.933. The summed E-state index contributed by atoms with van der Waals surface area (Å²) in [6, 6.07) is 5.75. The number of methoxy groups -OCH3 is 1. The van der Waals surface area contributed by atoms with E-state index in [4.69, 9.17) is 15.0 Å². The summed E-state index contributed by atoms with van der Waals surface area (Å²) in [6.45, 7) is 2.09. The minimum Gasteiger partial charge on any atom is -0.495 e. The summed E-state index contributed by atoms with van der Waals surface area (Å²) < 4.78 is 11.2. The Balaban J connectivity index is 2.61. The lowest BCUT2D eigenvalue weighted by Gasteiger charge is -2.10. The first-order valence-corrected chi connectivity index (χ1v) is 6.04. The van der Waals surface area contributed by atoms with Crippen LogP contribution in [-0.2, 0) is 6.42 Å². The Morgan fingerprint density at radius 2 is 2.18 bits per heavy atom. The van der Waals surface area contributed by atoms with E-state index in [1.54, 1.807) is 13.2 Å². The number of anilines is 1. The van der Waals surface area contributed by atoms with Gasteiger partial charge in [-0.15, -0.1) is 0 Å². The van der Waals surface area contributed by atoms with Gasteiger partial charge in [-0.1, -0.05) is 12.1 Å². The minimum absolute atomic E-state index is 0.292. The molecule has 0 unspecified atom stereocenters. The summed E-state index contributed by atoms with van der Waals surface area (Å²) in [7, 11) is 1.62. The molecule has 2 aromatic rings. The van der Waals surface area contributed by atoms with Gasteiger partial charge in [-0.25, -0.2) is 0 Å². The van der Waals surface area contributed by atoms with E-state index >= 15 is 0 Å². The zero-order chi connectivity index (χ0) is 12.4. The zero-order valence-electron chi connectivity index (χ0n) is 9.66. The largest absolute Gasteiger partial charge is 0.495 e. The summed E-state index contributed by atoms with van der Waals surface area (Å²) in [5.41, 5.74) is 8.27. The molecule has 17 heavy (non-hydrogen) atoms. The molecule has 90 valence electrons. The molecule has 1 heterocycles. The lowest BCUT2D eigenvalue weighted by atomic mass is 10.1. The first-order chi connectivity index (χ1) is 8.15. The summed E-state index contributed by atoms with van der Waals surface area (Å²) >= 11 is 3.49. The van der Waals surface area contributed by atoms with Crippen LogP contribution in [0.3, 0.4) is 0 Å². The molecule has 0 aliphatic heterocycles. The van der Waals surface area contributed by atoms with Crippen LogP contribution in [-0.4, -0.2) is 12.3 Å². The third-order valence-electron chi connectivity index (χ3n) is 2.52. The van der Waals surface area contributed by atoms with Crippen molar-refractivity contribution in [2.24, 2.45) is 0 Å². The standard InChI is InChI=1S/C12H13BrN2O2/c1-3-7-4-8(10-6-11(14)17-15-10)12(16-2)9(13)5-7/h4-6H,3,14H2,1-2H3. The van der Waals surface area contributed by atoms with Gasteiger partial charge in [-0.3, -0.25) is 0 Å². The average Bonchev–Trinajstić information content (AvgIpc) is 2.74. The Labute approximate surface area is 108 Å². The minimum atomic E-state index is 0.292. The quantitative estimate of drug-likeness (QED) is 0.944. The molecule has 1 aromatic carbocycles. The number of hydrogen-bond acceptors (Lipinski definition) is 4. The van der Waals surface area contributed by atoms with Gasteiger partial charge in [0, 0.05) is 11.6 Å². The fraction of sp³-hybridized carbons (Fsp3) is 0.250. The van der Waals surface area contributed by atoms with Crippen molar-refractivity contribution >= 4 is 21.8 Å². The van der Waals surface area contributed by atoms with Crippen LogP contribution in [0, 0.1) is 0 Å². The second-order valence-electron chi connectivity index (χ2n) is 3.63. The molecular weight excluding hydrogens is 284 g/mol. The van der Waals surface area contributed by atoms with Gasteiger partial charge in [0.05, 0.1) is 11.6 Å². The maximum Gasteiger partial charge on any atom is 0.222 e. The van der Waals surface area contributed by atoms with Gasteiger partial charge >= 0.3 is 0 Å². The van der Waals surface area contributed by atoms with Crippen LogP contribution in [0.25, 0.3) is 11.3 Å². The molecule has 2 N–H and O–H groups in total. The smallest absolute Gasteiger partial charge is 0.222 e. The third kappa shape index (κ3) is 2.29. The van der Waals surface area contributed by atoms with Gasteiger partial charge in [0.15, 0.2) is 0 Å². The molecule has 2 rings (SSSR count).